The highest BCUT2D eigenvalue weighted by molar-refractivity contribution is 7.97. The van der Waals surface area contributed by atoms with Gasteiger partial charge >= 0.3 is 12.1 Å². The van der Waals surface area contributed by atoms with Crippen LogP contribution in [0.1, 0.15) is 51.7 Å². The number of carbonyl (C=O) groups is 5. The molecule has 11 heteroatoms. The predicted molar refractivity (Wildman–Crippen MR) is 234 cm³/mol. The van der Waals surface area contributed by atoms with Crippen LogP contribution in [0, 0.1) is 11.8 Å². The van der Waals surface area contributed by atoms with E-state index in [1.807, 2.05) is 179 Å². The molecule has 3 atom stereocenters. The summed E-state index contributed by atoms with van der Waals surface area (Å²) in [5, 5.41) is 9.86. The van der Waals surface area contributed by atoms with Crippen LogP contribution in [0.2, 0.25) is 0 Å². The number of hydrogen-bond acceptors (Lipinski definition) is 7. The van der Waals surface area contributed by atoms with E-state index in [2.05, 4.69) is 16.0 Å². The second-order valence-electron chi connectivity index (χ2n) is 14.7. The van der Waals surface area contributed by atoms with Gasteiger partial charge in [0.1, 0.15) is 30.6 Å². The van der Waals surface area contributed by atoms with Crippen LogP contribution in [0.5, 0.6) is 0 Å². The fraction of sp³-hybridized carbons (Fsp3) is 0.250. The van der Waals surface area contributed by atoms with Gasteiger partial charge in [-0.3, -0.25) is 19.7 Å². The molecule has 0 saturated heterocycles. The Bertz CT molecular complexity index is 2110. The molecule has 4 amide bonds. The first-order chi connectivity index (χ1) is 28.5. The van der Waals surface area contributed by atoms with E-state index < -0.39 is 48.8 Å². The van der Waals surface area contributed by atoms with Gasteiger partial charge in [-0.1, -0.05) is 186 Å². The topological polar surface area (TPSA) is 140 Å². The number of amides is 4. The van der Waals surface area contributed by atoms with Crippen molar-refractivity contribution in [1.82, 2.24) is 16.0 Å². The summed E-state index contributed by atoms with van der Waals surface area (Å²) in [6, 6.07) is 43.9. The maximum Gasteiger partial charge on any atom is 0.408 e. The summed E-state index contributed by atoms with van der Waals surface area (Å²) in [6.07, 6.45) is -0.101. The Labute approximate surface area is 346 Å². The van der Waals surface area contributed by atoms with Crippen molar-refractivity contribution in [3.8, 4) is 0 Å². The molecule has 0 bridgehead atoms. The Balaban J connectivity index is 1.55. The first kappa shape index (κ1) is 43.9. The molecule has 0 radical (unpaired) electrons. The third-order valence-electron chi connectivity index (χ3n) is 9.95. The van der Waals surface area contributed by atoms with Gasteiger partial charge in [-0.25, -0.2) is 9.59 Å². The van der Waals surface area contributed by atoms with Gasteiger partial charge in [-0.05, 0) is 52.2 Å². The van der Waals surface area contributed by atoms with Crippen molar-refractivity contribution in [1.29, 1.82) is 0 Å². The highest BCUT2D eigenvalue weighted by atomic mass is 31.2. The van der Waals surface area contributed by atoms with Crippen LogP contribution in [-0.2, 0) is 41.9 Å². The van der Waals surface area contributed by atoms with Gasteiger partial charge in [0.05, 0.1) is 0 Å². The summed E-state index contributed by atoms with van der Waals surface area (Å²) in [7, 11) is 0. The maximum absolute atomic E-state index is 15.0. The quantitative estimate of drug-likeness (QED) is 0.0561. The number of hydrogen-bond donors (Lipinski definition) is 3. The summed E-state index contributed by atoms with van der Waals surface area (Å²) >= 11 is 0. The first-order valence-corrected chi connectivity index (χ1v) is 21.6. The zero-order valence-electron chi connectivity index (χ0n) is 33.9. The van der Waals surface area contributed by atoms with Gasteiger partial charge in [0.15, 0.2) is 0 Å². The number of ether oxygens (including phenoxy) is 2. The number of esters is 1. The van der Waals surface area contributed by atoms with Crippen LogP contribution in [0.15, 0.2) is 152 Å². The second-order valence-corrected chi connectivity index (χ2v) is 18.0. The largest absolute Gasteiger partial charge is 0.457 e. The van der Waals surface area contributed by atoms with Gasteiger partial charge in [0.2, 0.25) is 11.8 Å². The zero-order chi connectivity index (χ0) is 42.2. The Morgan fingerprint density at radius 2 is 0.983 bits per heavy atom. The lowest BCUT2D eigenvalue weighted by Gasteiger charge is -2.31. The molecule has 5 aromatic rings. The van der Waals surface area contributed by atoms with Crippen molar-refractivity contribution in [2.24, 2.45) is 11.8 Å². The van der Waals surface area contributed by atoms with E-state index in [0.29, 0.717) is 27.9 Å². The SMILES string of the molecule is CC[C@H](C)[C@H](NC(=O)OCc1ccccc1)C(=O)N[C@@H](CC(C)C)C(=O)NC(=O)C(C(=O)OCc1ccccc1)=P(c1ccccc1)(c1ccccc1)c1ccccc1. The lowest BCUT2D eigenvalue weighted by atomic mass is 9.97. The van der Waals surface area contributed by atoms with E-state index in [-0.39, 0.29) is 36.8 Å². The third kappa shape index (κ3) is 11.5. The molecule has 0 aliphatic heterocycles. The van der Waals surface area contributed by atoms with E-state index >= 15 is 4.79 Å². The van der Waals surface area contributed by atoms with Crippen molar-refractivity contribution in [3.63, 3.8) is 0 Å². The van der Waals surface area contributed by atoms with Crippen molar-refractivity contribution in [2.45, 2.75) is 65.8 Å². The number of nitrogens with one attached hydrogen (secondary N) is 3. The van der Waals surface area contributed by atoms with Crippen molar-refractivity contribution < 1.29 is 33.4 Å². The van der Waals surface area contributed by atoms with Crippen molar-refractivity contribution in [3.05, 3.63) is 163 Å². The van der Waals surface area contributed by atoms with Gasteiger partial charge in [0.25, 0.3) is 5.91 Å². The highest BCUT2D eigenvalue weighted by Crippen LogP contribution is 2.46. The summed E-state index contributed by atoms with van der Waals surface area (Å²) in [5.74, 6) is -3.69. The van der Waals surface area contributed by atoms with E-state index in [1.54, 1.807) is 0 Å². The molecule has 0 spiro atoms. The monoisotopic (exact) mass is 813 g/mol. The second kappa shape index (κ2) is 21.5. The molecule has 0 aromatic heterocycles. The third-order valence-corrected chi connectivity index (χ3v) is 14.2. The molecule has 306 valence electrons. The Morgan fingerprint density at radius 1 is 0.559 bits per heavy atom. The lowest BCUT2D eigenvalue weighted by Crippen LogP contribution is -2.57. The number of benzene rings is 5. The normalized spacial score (nSPS) is 12.6. The predicted octanol–water partition coefficient (Wildman–Crippen LogP) is 6.41. The maximum atomic E-state index is 15.0. The zero-order valence-corrected chi connectivity index (χ0v) is 34.8. The molecule has 0 saturated carbocycles. The fourth-order valence-corrected chi connectivity index (χ4v) is 11.0. The van der Waals surface area contributed by atoms with Crippen LogP contribution in [0.4, 0.5) is 4.79 Å². The molecule has 10 nitrogen and oxygen atoms in total. The molecule has 0 aliphatic rings. The molecule has 0 heterocycles. The summed E-state index contributed by atoms with van der Waals surface area (Å²) in [4.78, 5) is 71.1. The average Bonchev–Trinajstić information content (AvgIpc) is 3.26. The van der Waals surface area contributed by atoms with Gasteiger partial charge in [-0.2, -0.15) is 0 Å². The summed E-state index contributed by atoms with van der Waals surface area (Å²) in [5.41, 5.74) is 1.50. The Kier molecular flexibility index (Phi) is 16.0. The molecule has 3 N–H and O–H groups in total. The summed E-state index contributed by atoms with van der Waals surface area (Å²) < 4.78 is 11.4. The van der Waals surface area contributed by atoms with Crippen LogP contribution in [0.3, 0.4) is 0 Å². The molecular weight excluding hydrogens is 762 g/mol. The van der Waals surface area contributed by atoms with Gasteiger partial charge in [-0.15, -0.1) is 0 Å². The minimum Gasteiger partial charge on any atom is -0.457 e. The average molecular weight is 814 g/mol. The molecule has 0 unspecified atom stereocenters. The summed E-state index contributed by atoms with van der Waals surface area (Å²) in [6.45, 7) is 3.96. The number of carbonyl (C=O) groups excluding carboxylic acids is 5. The van der Waals surface area contributed by atoms with Gasteiger partial charge in [0, 0.05) is 0 Å². The Hall–Kier alpha value is -6.25. The smallest absolute Gasteiger partial charge is 0.408 e. The highest BCUT2D eigenvalue weighted by Gasteiger charge is 2.40. The van der Waals surface area contributed by atoms with Crippen LogP contribution in [-0.4, -0.2) is 47.2 Å². The van der Waals surface area contributed by atoms with E-state index in [9.17, 15) is 19.2 Å². The van der Waals surface area contributed by atoms with Gasteiger partial charge < -0.3 is 20.1 Å². The van der Waals surface area contributed by atoms with Crippen LogP contribution < -0.4 is 31.9 Å². The first-order valence-electron chi connectivity index (χ1n) is 19.8. The van der Waals surface area contributed by atoms with E-state index in [0.717, 1.165) is 5.56 Å². The molecule has 5 rings (SSSR count). The van der Waals surface area contributed by atoms with Crippen LogP contribution in [0.25, 0.3) is 0 Å². The molecule has 5 aromatic carbocycles. The fourth-order valence-electron chi connectivity index (χ4n) is 6.78. The molecule has 0 fully saturated rings. The minimum atomic E-state index is -3.39. The number of rotatable bonds is 17. The molecule has 59 heavy (non-hydrogen) atoms. The minimum absolute atomic E-state index is 0.00765. The van der Waals surface area contributed by atoms with E-state index in [4.69, 9.17) is 9.47 Å². The lowest BCUT2D eigenvalue weighted by molar-refractivity contribution is -0.138. The van der Waals surface area contributed by atoms with E-state index in [1.165, 1.54) is 0 Å². The Morgan fingerprint density at radius 3 is 1.41 bits per heavy atom. The number of alkyl carbamates (subject to hydrolysis) is 1. The standard InChI is InChI=1S/C48H52N3O7P/c1-5-35(4)42(50-48(56)58-33-37-23-13-7-14-24-37)45(53)49-41(31-34(2)3)44(52)51-46(54)43(47(55)57-32-36-21-11-6-12-22-36)59(38-25-15-8-16-26-38,39-27-17-9-18-28-39)40-29-19-10-20-30-40/h6-30,34-35,41-42H,5,31-33H2,1-4H3,(H,49,53)(H,50,56)(H,51,52,54)/t35-,41-,42-/m0/s1. The molecule has 0 aliphatic carbocycles. The molecular formula is C48H52N3O7P. The van der Waals surface area contributed by atoms with Crippen molar-refractivity contribution >= 4 is 57.9 Å². The van der Waals surface area contributed by atoms with Crippen molar-refractivity contribution in [2.75, 3.05) is 0 Å². The number of imide groups is 1. The van der Waals surface area contributed by atoms with Crippen LogP contribution >= 0.6 is 6.89 Å².